The van der Waals surface area contributed by atoms with E-state index >= 15 is 0 Å². The Morgan fingerprint density at radius 1 is 1.57 bits per heavy atom. The quantitative estimate of drug-likeness (QED) is 0.904. The highest BCUT2D eigenvalue weighted by atomic mass is 16.5. The van der Waals surface area contributed by atoms with E-state index in [0.717, 1.165) is 31.8 Å². The van der Waals surface area contributed by atoms with E-state index < -0.39 is 0 Å². The average Bonchev–Trinajstić information content (AvgIpc) is 3.25. The molecule has 2 aromatic heterocycles. The second kappa shape index (κ2) is 6.49. The summed E-state index contributed by atoms with van der Waals surface area (Å²) < 4.78 is 7.27. The Kier molecular flexibility index (Phi) is 4.42. The number of amides is 1. The minimum absolute atomic E-state index is 0.0955. The van der Waals surface area contributed by atoms with Crippen molar-refractivity contribution in [2.75, 3.05) is 18.4 Å². The molecule has 3 heterocycles. The molecule has 0 unspecified atom stereocenters. The third kappa shape index (κ3) is 3.42. The lowest BCUT2D eigenvalue weighted by atomic mass is 10.3. The third-order valence-electron chi connectivity index (χ3n) is 4.19. The fraction of sp³-hybridized carbons (Fsp3) is 0.600. The molecule has 0 radical (unpaired) electrons. The molecule has 1 saturated heterocycles. The largest absolute Gasteiger partial charge is 0.338 e. The second-order valence-electron chi connectivity index (χ2n) is 5.88. The Hall–Kier alpha value is -2.22. The summed E-state index contributed by atoms with van der Waals surface area (Å²) >= 11 is 0. The molecule has 0 saturated carbocycles. The van der Waals surface area contributed by atoms with E-state index in [4.69, 9.17) is 4.52 Å². The van der Waals surface area contributed by atoms with Crippen LogP contribution in [0, 0.1) is 0 Å². The van der Waals surface area contributed by atoms with Gasteiger partial charge < -0.3 is 9.84 Å². The van der Waals surface area contributed by atoms with Crippen molar-refractivity contribution in [1.82, 2.24) is 24.8 Å². The molecule has 23 heavy (non-hydrogen) atoms. The molecule has 0 aromatic carbocycles. The molecule has 2 atom stereocenters. The molecule has 8 heteroatoms. The first-order valence-electron chi connectivity index (χ1n) is 7.96. The summed E-state index contributed by atoms with van der Waals surface area (Å²) in [5.74, 6) is 1.89. The first-order chi connectivity index (χ1) is 11.1. The van der Waals surface area contributed by atoms with Gasteiger partial charge in [0.1, 0.15) is 0 Å². The van der Waals surface area contributed by atoms with Gasteiger partial charge in [0.15, 0.2) is 11.6 Å². The Labute approximate surface area is 134 Å². The van der Waals surface area contributed by atoms with Crippen LogP contribution in [0.15, 0.2) is 16.8 Å². The summed E-state index contributed by atoms with van der Waals surface area (Å²) in [6, 6.07) is 2.20. The number of carbonyl (C=O) groups excluding carboxylic acids is 1. The van der Waals surface area contributed by atoms with Crippen LogP contribution in [0.25, 0.3) is 0 Å². The van der Waals surface area contributed by atoms with E-state index in [1.54, 1.807) is 0 Å². The van der Waals surface area contributed by atoms with Crippen molar-refractivity contribution in [3.8, 4) is 0 Å². The smallest absolute Gasteiger partial charge is 0.243 e. The number of hydrogen-bond donors (Lipinski definition) is 1. The van der Waals surface area contributed by atoms with Gasteiger partial charge in [0.25, 0.3) is 0 Å². The van der Waals surface area contributed by atoms with Gasteiger partial charge in [0.2, 0.25) is 11.8 Å². The van der Waals surface area contributed by atoms with Gasteiger partial charge >= 0.3 is 0 Å². The molecule has 0 aliphatic carbocycles. The molecule has 1 fully saturated rings. The zero-order valence-corrected chi connectivity index (χ0v) is 13.7. The summed E-state index contributed by atoms with van der Waals surface area (Å²) in [6.45, 7) is 7.39. The molecule has 1 aliphatic heterocycles. The van der Waals surface area contributed by atoms with Crippen LogP contribution in [0.3, 0.4) is 0 Å². The molecule has 124 valence electrons. The second-order valence-corrected chi connectivity index (χ2v) is 5.88. The van der Waals surface area contributed by atoms with E-state index in [1.165, 1.54) is 6.92 Å². The molecule has 2 aromatic rings. The molecule has 1 aliphatic rings. The standard InChI is InChI=1S/C15H22N6O2/c1-4-13-17-15(23-19-13)10(2)20-7-5-12(9-20)21-8-6-14(18-21)16-11(3)22/h6,8,10,12H,4-5,7,9H2,1-3H3,(H,16,18,22)/t10-,12-/m0/s1. The first-order valence-corrected chi connectivity index (χ1v) is 7.96. The van der Waals surface area contributed by atoms with E-state index in [9.17, 15) is 4.79 Å². The van der Waals surface area contributed by atoms with Gasteiger partial charge in [-0.05, 0) is 13.3 Å². The molecule has 0 bridgehead atoms. The molecule has 1 amide bonds. The summed E-state index contributed by atoms with van der Waals surface area (Å²) in [5.41, 5.74) is 0. The van der Waals surface area contributed by atoms with Crippen LogP contribution in [-0.4, -0.2) is 43.8 Å². The van der Waals surface area contributed by atoms with Crippen LogP contribution in [0.5, 0.6) is 0 Å². The van der Waals surface area contributed by atoms with Gasteiger partial charge in [-0.25, -0.2) is 0 Å². The maximum Gasteiger partial charge on any atom is 0.243 e. The Morgan fingerprint density at radius 2 is 2.39 bits per heavy atom. The average molecular weight is 318 g/mol. The topological polar surface area (TPSA) is 89.1 Å². The van der Waals surface area contributed by atoms with Gasteiger partial charge in [-0.1, -0.05) is 12.1 Å². The molecular weight excluding hydrogens is 296 g/mol. The lowest BCUT2D eigenvalue weighted by Crippen LogP contribution is -2.25. The maximum atomic E-state index is 11.1. The number of aryl methyl sites for hydroxylation is 1. The molecule has 3 rings (SSSR count). The molecule has 8 nitrogen and oxygen atoms in total. The van der Waals surface area contributed by atoms with Crippen molar-refractivity contribution >= 4 is 11.7 Å². The van der Waals surface area contributed by atoms with Crippen LogP contribution in [0.4, 0.5) is 5.82 Å². The minimum atomic E-state index is -0.111. The van der Waals surface area contributed by atoms with Gasteiger partial charge in [0.05, 0.1) is 12.1 Å². The molecule has 1 N–H and O–H groups in total. The van der Waals surface area contributed by atoms with Crippen molar-refractivity contribution in [1.29, 1.82) is 0 Å². The van der Waals surface area contributed by atoms with Gasteiger partial charge in [-0.15, -0.1) is 0 Å². The van der Waals surface area contributed by atoms with Gasteiger partial charge in [0, 0.05) is 38.7 Å². The normalized spacial score (nSPS) is 19.9. The number of anilines is 1. The predicted octanol–water partition coefficient (Wildman–Crippen LogP) is 1.79. The van der Waals surface area contributed by atoms with Gasteiger partial charge in [-0.2, -0.15) is 10.1 Å². The first kappa shape index (κ1) is 15.7. The SMILES string of the molecule is CCc1noc([C@H](C)N2CC[C@H](n3ccc(NC(C)=O)n3)C2)n1. The Balaban J connectivity index is 1.63. The van der Waals surface area contributed by atoms with E-state index in [1.807, 2.05) is 23.9 Å². The maximum absolute atomic E-state index is 11.1. The number of nitrogens with zero attached hydrogens (tertiary/aromatic N) is 5. The Morgan fingerprint density at radius 3 is 3.09 bits per heavy atom. The number of rotatable bonds is 5. The highest BCUT2D eigenvalue weighted by molar-refractivity contribution is 5.87. The van der Waals surface area contributed by atoms with Crippen LogP contribution in [-0.2, 0) is 11.2 Å². The van der Waals surface area contributed by atoms with Crippen molar-refractivity contribution in [3.05, 3.63) is 24.0 Å². The minimum Gasteiger partial charge on any atom is -0.338 e. The zero-order chi connectivity index (χ0) is 16.4. The van der Waals surface area contributed by atoms with Crippen LogP contribution >= 0.6 is 0 Å². The van der Waals surface area contributed by atoms with E-state index in [0.29, 0.717) is 11.7 Å². The fourth-order valence-electron chi connectivity index (χ4n) is 2.86. The molecular formula is C15H22N6O2. The van der Waals surface area contributed by atoms with E-state index in [-0.39, 0.29) is 18.0 Å². The number of carbonyl (C=O) groups is 1. The van der Waals surface area contributed by atoms with Crippen molar-refractivity contribution < 1.29 is 9.32 Å². The van der Waals surface area contributed by atoms with Crippen LogP contribution in [0.2, 0.25) is 0 Å². The van der Waals surface area contributed by atoms with Crippen molar-refractivity contribution in [2.24, 2.45) is 0 Å². The van der Waals surface area contributed by atoms with Gasteiger partial charge in [-0.3, -0.25) is 14.4 Å². The highest BCUT2D eigenvalue weighted by Crippen LogP contribution is 2.29. The number of likely N-dealkylation sites (tertiary alicyclic amines) is 1. The summed E-state index contributed by atoms with van der Waals surface area (Å²) in [6.07, 6.45) is 3.68. The zero-order valence-electron chi connectivity index (χ0n) is 13.7. The number of aromatic nitrogens is 4. The van der Waals surface area contributed by atoms with Crippen LogP contribution < -0.4 is 5.32 Å². The summed E-state index contributed by atoms with van der Waals surface area (Å²) in [4.78, 5) is 17.8. The predicted molar refractivity (Wildman–Crippen MR) is 83.8 cm³/mol. The summed E-state index contributed by atoms with van der Waals surface area (Å²) in [5, 5.41) is 11.1. The lowest BCUT2D eigenvalue weighted by Gasteiger charge is -2.20. The number of hydrogen-bond acceptors (Lipinski definition) is 6. The van der Waals surface area contributed by atoms with Crippen LogP contribution in [0.1, 0.15) is 51.0 Å². The number of nitrogens with one attached hydrogen (secondary N) is 1. The third-order valence-corrected chi connectivity index (χ3v) is 4.19. The van der Waals surface area contributed by atoms with Crippen molar-refractivity contribution in [3.63, 3.8) is 0 Å². The monoisotopic (exact) mass is 318 g/mol. The Bertz CT molecular complexity index is 679. The highest BCUT2D eigenvalue weighted by Gasteiger charge is 2.30. The summed E-state index contributed by atoms with van der Waals surface area (Å²) in [7, 11) is 0. The lowest BCUT2D eigenvalue weighted by molar-refractivity contribution is -0.114. The molecule has 0 spiro atoms. The fourth-order valence-corrected chi connectivity index (χ4v) is 2.86. The van der Waals surface area contributed by atoms with E-state index in [2.05, 4.69) is 32.4 Å². The van der Waals surface area contributed by atoms with Crippen molar-refractivity contribution in [2.45, 2.75) is 45.7 Å².